The van der Waals surface area contributed by atoms with Crippen LogP contribution < -0.4 is 9.47 Å². The summed E-state index contributed by atoms with van der Waals surface area (Å²) in [5.74, 6) is 0.636. The Hall–Kier alpha value is -2.82. The van der Waals surface area contributed by atoms with Crippen LogP contribution in [0.15, 0.2) is 58.8 Å². The molecule has 0 unspecified atom stereocenters. The van der Waals surface area contributed by atoms with E-state index in [0.717, 1.165) is 16.7 Å². The van der Waals surface area contributed by atoms with E-state index in [4.69, 9.17) is 0 Å². The summed E-state index contributed by atoms with van der Waals surface area (Å²) in [6.45, 7) is 2.64. The van der Waals surface area contributed by atoms with Gasteiger partial charge >= 0.3 is 5.95 Å². The second-order valence-electron chi connectivity index (χ2n) is 6.05. The van der Waals surface area contributed by atoms with Gasteiger partial charge in [-0.15, -0.1) is 0 Å². The number of aromatic amines is 1. The van der Waals surface area contributed by atoms with Crippen molar-refractivity contribution < 1.29 is 21.7 Å². The van der Waals surface area contributed by atoms with Crippen molar-refractivity contribution >= 4 is 38.8 Å². The first kappa shape index (κ1) is 19.9. The molecule has 9 nitrogen and oxygen atoms in total. The number of aromatic nitrogens is 2. The van der Waals surface area contributed by atoms with Gasteiger partial charge in [-0.05, 0) is 43.3 Å². The Morgan fingerprint density at radius 1 is 1.14 bits per heavy atom. The Morgan fingerprint density at radius 3 is 2.50 bits per heavy atom. The highest BCUT2D eigenvalue weighted by molar-refractivity contribution is 7.80. The molecule has 0 aliphatic carbocycles. The van der Waals surface area contributed by atoms with Crippen molar-refractivity contribution in [1.82, 2.24) is 4.98 Å². The van der Waals surface area contributed by atoms with Gasteiger partial charge in [-0.1, -0.05) is 17.2 Å². The van der Waals surface area contributed by atoms with Gasteiger partial charge < -0.3 is 9.45 Å². The number of benzene rings is 2. The minimum atomic E-state index is -4.67. The maximum atomic E-state index is 10.5. The van der Waals surface area contributed by atoms with E-state index in [1.54, 1.807) is 0 Å². The molecule has 1 aromatic heterocycles. The Bertz CT molecular complexity index is 1080. The van der Waals surface area contributed by atoms with E-state index in [2.05, 4.69) is 19.4 Å². The van der Waals surface area contributed by atoms with Crippen molar-refractivity contribution in [3.8, 4) is 0 Å². The average molecular weight is 403 g/mol. The van der Waals surface area contributed by atoms with Crippen LogP contribution in [0.3, 0.4) is 0 Å². The van der Waals surface area contributed by atoms with Crippen molar-refractivity contribution in [3.05, 3.63) is 48.5 Å². The van der Waals surface area contributed by atoms with E-state index < -0.39 is 10.4 Å². The normalized spacial score (nSPS) is 12.1. The van der Waals surface area contributed by atoms with E-state index in [9.17, 15) is 13.0 Å². The maximum Gasteiger partial charge on any atom is 0.419 e. The van der Waals surface area contributed by atoms with Crippen molar-refractivity contribution in [1.29, 1.82) is 0 Å². The minimum Gasteiger partial charge on any atom is -0.726 e. The Balaban J connectivity index is 1.69. The zero-order valence-corrected chi connectivity index (χ0v) is 16.4. The molecule has 3 aromatic rings. The summed E-state index contributed by atoms with van der Waals surface area (Å²) in [6, 6.07) is 15.2. The van der Waals surface area contributed by atoms with Gasteiger partial charge in [0.05, 0.1) is 13.7 Å². The molecule has 0 saturated heterocycles. The lowest BCUT2D eigenvalue weighted by Gasteiger charge is -2.23. The van der Waals surface area contributed by atoms with Crippen molar-refractivity contribution in [2.24, 2.45) is 17.3 Å². The molecule has 0 radical (unpaired) electrons. The standard InChI is InChI=1S/C18H21N5O4S/c1-3-23(12-13-27-28(24,25)26)15-10-8-14(9-11-15)20-21-18-19-16-6-4-5-7-17(16)22(18)2/h4-11H,3,12-13H2,1-2H3,(H,24,25,26). The van der Waals surface area contributed by atoms with E-state index in [1.165, 1.54) is 0 Å². The summed E-state index contributed by atoms with van der Waals surface area (Å²) in [7, 11) is -2.76. The van der Waals surface area contributed by atoms with Crippen LogP contribution in [0.5, 0.6) is 0 Å². The van der Waals surface area contributed by atoms with E-state index >= 15 is 0 Å². The number of likely N-dealkylation sites (N-methyl/N-ethyl adjacent to an activating group) is 1. The summed E-state index contributed by atoms with van der Waals surface area (Å²) in [5, 5.41) is 8.54. The number of imidazole rings is 1. The van der Waals surface area contributed by atoms with Crippen molar-refractivity contribution in [3.63, 3.8) is 0 Å². The Morgan fingerprint density at radius 2 is 1.86 bits per heavy atom. The molecule has 0 saturated carbocycles. The van der Waals surface area contributed by atoms with E-state index in [0.29, 0.717) is 18.2 Å². The van der Waals surface area contributed by atoms with Gasteiger partial charge in [0.2, 0.25) is 10.4 Å². The van der Waals surface area contributed by atoms with Gasteiger partial charge in [-0.3, -0.25) is 4.18 Å². The number of anilines is 1. The van der Waals surface area contributed by atoms with Crippen LogP contribution in [0, 0.1) is 0 Å². The first-order valence-electron chi connectivity index (χ1n) is 8.71. The lowest BCUT2D eigenvalue weighted by molar-refractivity contribution is -0.631. The first-order valence-corrected chi connectivity index (χ1v) is 10.0. The summed E-state index contributed by atoms with van der Waals surface area (Å²) < 4.78 is 37.8. The minimum absolute atomic E-state index is 0.196. The van der Waals surface area contributed by atoms with Crippen LogP contribution in [0.25, 0.3) is 11.0 Å². The van der Waals surface area contributed by atoms with Crippen molar-refractivity contribution in [2.75, 3.05) is 24.6 Å². The fourth-order valence-electron chi connectivity index (χ4n) is 2.84. The lowest BCUT2D eigenvalue weighted by atomic mass is 10.2. The number of aryl methyl sites for hydroxylation is 1. The van der Waals surface area contributed by atoms with E-state index in [-0.39, 0.29) is 13.2 Å². The van der Waals surface area contributed by atoms with Gasteiger partial charge in [0.25, 0.3) is 0 Å². The average Bonchev–Trinajstić information content (AvgIpc) is 2.99. The molecular weight excluding hydrogens is 382 g/mol. The molecule has 0 atom stereocenters. The molecule has 0 aliphatic rings. The molecule has 28 heavy (non-hydrogen) atoms. The fraction of sp³-hybridized carbons (Fsp3) is 0.278. The molecule has 1 N–H and O–H groups in total. The lowest BCUT2D eigenvalue weighted by Crippen LogP contribution is -2.27. The number of rotatable bonds is 8. The highest BCUT2D eigenvalue weighted by atomic mass is 32.3. The third-order valence-electron chi connectivity index (χ3n) is 4.28. The smallest absolute Gasteiger partial charge is 0.419 e. The van der Waals surface area contributed by atoms with Crippen LogP contribution in [0.1, 0.15) is 6.92 Å². The van der Waals surface area contributed by atoms with Crippen LogP contribution in [0.2, 0.25) is 0 Å². The van der Waals surface area contributed by atoms with Gasteiger partial charge in [0, 0.05) is 23.9 Å². The maximum absolute atomic E-state index is 10.5. The summed E-state index contributed by atoms with van der Waals surface area (Å²) in [6.07, 6.45) is 0. The van der Waals surface area contributed by atoms with Gasteiger partial charge in [0.15, 0.2) is 0 Å². The quantitative estimate of drug-likeness (QED) is 0.269. The fourth-order valence-corrected chi connectivity index (χ4v) is 3.12. The summed E-state index contributed by atoms with van der Waals surface area (Å²) >= 11 is 0. The molecule has 0 amide bonds. The number of azo groups is 1. The van der Waals surface area contributed by atoms with Gasteiger partial charge in [-0.2, -0.15) is 0 Å². The molecule has 0 fully saturated rings. The summed E-state index contributed by atoms with van der Waals surface area (Å²) in [5.41, 5.74) is 3.56. The molecule has 148 valence electrons. The van der Waals surface area contributed by atoms with Crippen LogP contribution >= 0.6 is 0 Å². The second kappa shape index (κ2) is 8.46. The Kier molecular flexibility index (Phi) is 6.02. The number of hydrogen-bond donors (Lipinski definition) is 1. The number of fused-ring (bicyclic) bond motifs is 1. The third kappa shape index (κ3) is 4.91. The van der Waals surface area contributed by atoms with Gasteiger partial charge in [0.1, 0.15) is 16.7 Å². The topological polar surface area (TPSA) is 114 Å². The molecular formula is C18H21N5O4S. The molecule has 0 spiro atoms. The predicted molar refractivity (Wildman–Crippen MR) is 104 cm³/mol. The first-order chi connectivity index (χ1) is 13.4. The number of nitrogens with zero attached hydrogens (tertiary/aromatic N) is 4. The molecule has 0 bridgehead atoms. The summed E-state index contributed by atoms with van der Waals surface area (Å²) in [4.78, 5) is 5.11. The van der Waals surface area contributed by atoms with Crippen molar-refractivity contribution in [2.45, 2.75) is 6.92 Å². The molecule has 2 aromatic carbocycles. The zero-order chi connectivity index (χ0) is 20.1. The third-order valence-corrected chi connectivity index (χ3v) is 4.73. The molecule has 1 heterocycles. The second-order valence-corrected chi connectivity index (χ2v) is 7.10. The van der Waals surface area contributed by atoms with Crippen LogP contribution in [-0.2, 0) is 21.6 Å². The predicted octanol–water partition coefficient (Wildman–Crippen LogP) is 2.71. The molecule has 3 rings (SSSR count). The number of hydrogen-bond acceptors (Lipinski definition) is 7. The monoisotopic (exact) mass is 403 g/mol. The number of nitrogens with one attached hydrogen (secondary N) is 1. The molecule has 0 aliphatic heterocycles. The highest BCUT2D eigenvalue weighted by Crippen LogP contribution is 2.22. The number of H-pyrrole nitrogens is 1. The van der Waals surface area contributed by atoms with Crippen LogP contribution in [-0.4, -0.2) is 37.7 Å². The van der Waals surface area contributed by atoms with Crippen LogP contribution in [0.4, 0.5) is 17.3 Å². The zero-order valence-electron chi connectivity index (χ0n) is 15.6. The Labute approximate surface area is 163 Å². The highest BCUT2D eigenvalue weighted by Gasteiger charge is 2.13. The van der Waals surface area contributed by atoms with Gasteiger partial charge in [-0.25, -0.2) is 18.0 Å². The number of para-hydroxylation sites is 2. The van der Waals surface area contributed by atoms with E-state index in [1.807, 2.05) is 72.0 Å². The largest absolute Gasteiger partial charge is 0.726 e. The SMILES string of the molecule is CCN(CCOS(=O)(=O)[O-])c1ccc(N=Nc2[nH]c3ccccc3[n+]2C)cc1. The molecule has 10 heteroatoms.